The maximum absolute atomic E-state index is 11.6. The van der Waals surface area contributed by atoms with Gasteiger partial charge in [-0.25, -0.2) is 4.79 Å². The Hall–Kier alpha value is -0.393. The van der Waals surface area contributed by atoms with Crippen LogP contribution in [0.15, 0.2) is 0 Å². The molecule has 0 amide bonds. The van der Waals surface area contributed by atoms with Gasteiger partial charge in [-0.3, -0.25) is 5.32 Å². The van der Waals surface area contributed by atoms with Crippen LogP contribution in [-0.4, -0.2) is 32.2 Å². The monoisotopic (exact) mass is 287 g/mol. The molecular weight excluding hydrogens is 258 g/mol. The molecule has 0 aromatic heterocycles. The maximum atomic E-state index is 11.6. The SMILES string of the molecule is CN[C@@](CCC1CCCCC1)(O[Si](C)(C)C)C(=O)O. The van der Waals surface area contributed by atoms with Gasteiger partial charge in [0, 0.05) is 6.42 Å². The summed E-state index contributed by atoms with van der Waals surface area (Å²) in [5.41, 5.74) is -1.19. The van der Waals surface area contributed by atoms with Gasteiger partial charge in [-0.2, -0.15) is 0 Å². The molecule has 5 heteroatoms. The Morgan fingerprint density at radius 1 is 1.32 bits per heavy atom. The second kappa shape index (κ2) is 6.86. The van der Waals surface area contributed by atoms with Crippen LogP contribution in [0.5, 0.6) is 0 Å². The van der Waals surface area contributed by atoms with Crippen LogP contribution in [0.3, 0.4) is 0 Å². The van der Waals surface area contributed by atoms with Gasteiger partial charge in [0.1, 0.15) is 0 Å². The Bertz CT molecular complexity index is 298. The minimum Gasteiger partial charge on any atom is -0.478 e. The summed E-state index contributed by atoms with van der Waals surface area (Å²) in [5, 5.41) is 12.5. The van der Waals surface area contributed by atoms with Gasteiger partial charge in [0.2, 0.25) is 5.72 Å². The highest BCUT2D eigenvalue weighted by Crippen LogP contribution is 2.31. The molecule has 1 atom stereocenters. The average Bonchev–Trinajstić information content (AvgIpc) is 2.34. The fraction of sp³-hybridized carbons (Fsp3) is 0.929. The minimum atomic E-state index is -1.91. The fourth-order valence-corrected chi connectivity index (χ4v) is 4.23. The van der Waals surface area contributed by atoms with Crippen LogP contribution >= 0.6 is 0 Å². The van der Waals surface area contributed by atoms with E-state index in [1.54, 1.807) is 7.05 Å². The third-order valence-electron chi connectivity index (χ3n) is 3.86. The molecule has 0 aliphatic heterocycles. The number of carbonyl (C=O) groups is 1. The third kappa shape index (κ3) is 5.24. The van der Waals surface area contributed by atoms with Gasteiger partial charge < -0.3 is 9.53 Å². The van der Waals surface area contributed by atoms with Crippen LogP contribution < -0.4 is 5.32 Å². The van der Waals surface area contributed by atoms with Gasteiger partial charge in [0.05, 0.1) is 0 Å². The second-order valence-electron chi connectivity index (χ2n) is 6.64. The van der Waals surface area contributed by atoms with Gasteiger partial charge in [-0.05, 0) is 39.0 Å². The third-order valence-corrected chi connectivity index (χ3v) is 4.82. The summed E-state index contributed by atoms with van der Waals surface area (Å²) in [7, 11) is -0.217. The lowest BCUT2D eigenvalue weighted by atomic mass is 9.84. The van der Waals surface area contributed by atoms with Crippen LogP contribution in [0.25, 0.3) is 0 Å². The molecule has 0 bridgehead atoms. The highest BCUT2D eigenvalue weighted by molar-refractivity contribution is 6.70. The number of nitrogens with one attached hydrogen (secondary N) is 1. The van der Waals surface area contributed by atoms with Gasteiger partial charge in [-0.15, -0.1) is 0 Å². The first kappa shape index (κ1) is 16.7. The van der Waals surface area contributed by atoms with Crippen LogP contribution in [-0.2, 0) is 9.22 Å². The lowest BCUT2D eigenvalue weighted by Crippen LogP contribution is -2.57. The number of likely N-dealkylation sites (N-methyl/N-ethyl adjacent to an activating group) is 1. The molecule has 1 rings (SSSR count). The Morgan fingerprint density at radius 3 is 2.32 bits per heavy atom. The van der Waals surface area contributed by atoms with Crippen LogP contribution in [0, 0.1) is 5.92 Å². The molecule has 0 aromatic rings. The smallest absolute Gasteiger partial charge is 0.350 e. The number of carboxylic acid groups (broad SMARTS) is 1. The molecule has 0 spiro atoms. The Balaban J connectivity index is 2.65. The molecule has 1 fully saturated rings. The first-order chi connectivity index (χ1) is 8.79. The average molecular weight is 287 g/mol. The van der Waals surface area contributed by atoms with Gasteiger partial charge in [0.15, 0.2) is 8.32 Å². The van der Waals surface area contributed by atoms with Crippen molar-refractivity contribution in [2.75, 3.05) is 7.05 Å². The number of hydrogen-bond acceptors (Lipinski definition) is 3. The van der Waals surface area contributed by atoms with Crippen molar-refractivity contribution in [1.29, 1.82) is 0 Å². The first-order valence-electron chi connectivity index (χ1n) is 7.41. The molecule has 2 N–H and O–H groups in total. The molecule has 1 aliphatic rings. The van der Waals surface area contributed by atoms with E-state index >= 15 is 0 Å². The highest BCUT2D eigenvalue weighted by atomic mass is 28.4. The van der Waals surface area contributed by atoms with Crippen molar-refractivity contribution in [3.05, 3.63) is 0 Å². The van der Waals surface area contributed by atoms with Crippen LogP contribution in [0.2, 0.25) is 19.6 Å². The summed E-state index contributed by atoms with van der Waals surface area (Å²) < 4.78 is 5.96. The van der Waals surface area contributed by atoms with E-state index < -0.39 is 20.0 Å². The molecule has 1 saturated carbocycles. The van der Waals surface area contributed by atoms with Crippen LogP contribution in [0.4, 0.5) is 0 Å². The summed E-state index contributed by atoms with van der Waals surface area (Å²) >= 11 is 0. The zero-order valence-corrected chi connectivity index (χ0v) is 13.8. The minimum absolute atomic E-state index is 0.563. The summed E-state index contributed by atoms with van der Waals surface area (Å²) in [6, 6.07) is 0. The first-order valence-corrected chi connectivity index (χ1v) is 10.8. The van der Waals surface area contributed by atoms with E-state index in [2.05, 4.69) is 5.32 Å². The van der Waals surface area contributed by atoms with E-state index in [1.165, 1.54) is 32.1 Å². The zero-order chi connectivity index (χ0) is 14.5. The Labute approximate surface area is 118 Å². The number of rotatable bonds is 7. The molecule has 0 heterocycles. The lowest BCUT2D eigenvalue weighted by molar-refractivity contribution is -0.160. The summed E-state index contributed by atoms with van der Waals surface area (Å²) in [4.78, 5) is 11.6. The van der Waals surface area contributed by atoms with Crippen LogP contribution in [0.1, 0.15) is 44.9 Å². The van der Waals surface area contributed by atoms with E-state index in [9.17, 15) is 9.90 Å². The van der Waals surface area contributed by atoms with Gasteiger partial charge >= 0.3 is 5.97 Å². The number of aliphatic carboxylic acids is 1. The topological polar surface area (TPSA) is 58.6 Å². The standard InChI is InChI=1S/C14H29NO3Si/c1-15-14(13(16)17,18-19(2,3)4)11-10-12-8-6-5-7-9-12/h12,15H,5-11H2,1-4H3,(H,16,17)/t14-/m0/s1. The van der Waals surface area contributed by atoms with Gasteiger partial charge in [-0.1, -0.05) is 32.1 Å². The van der Waals surface area contributed by atoms with Crippen molar-refractivity contribution in [2.24, 2.45) is 5.92 Å². The van der Waals surface area contributed by atoms with Gasteiger partial charge in [0.25, 0.3) is 0 Å². The molecule has 4 nitrogen and oxygen atoms in total. The summed E-state index contributed by atoms with van der Waals surface area (Å²) in [5.74, 6) is -0.209. The molecule has 0 saturated heterocycles. The Morgan fingerprint density at radius 2 is 1.89 bits per heavy atom. The van der Waals surface area contributed by atoms with Crippen molar-refractivity contribution >= 4 is 14.3 Å². The summed E-state index contributed by atoms with van der Waals surface area (Å²) in [6.45, 7) is 6.09. The molecule has 0 radical (unpaired) electrons. The van der Waals surface area contributed by atoms with E-state index in [1.807, 2.05) is 19.6 Å². The van der Waals surface area contributed by atoms with Crippen molar-refractivity contribution < 1.29 is 14.3 Å². The molecule has 19 heavy (non-hydrogen) atoms. The van der Waals surface area contributed by atoms with E-state index in [-0.39, 0.29) is 0 Å². The zero-order valence-electron chi connectivity index (χ0n) is 12.8. The predicted octanol–water partition coefficient (Wildman–Crippen LogP) is 3.20. The molecule has 0 aromatic carbocycles. The highest BCUT2D eigenvalue weighted by Gasteiger charge is 2.42. The fourth-order valence-electron chi connectivity index (χ4n) is 2.89. The van der Waals surface area contributed by atoms with Crippen molar-refractivity contribution in [1.82, 2.24) is 5.32 Å². The summed E-state index contributed by atoms with van der Waals surface area (Å²) in [6.07, 6.45) is 7.90. The molecule has 0 unspecified atom stereocenters. The maximum Gasteiger partial charge on any atom is 0.350 e. The van der Waals surface area contributed by atoms with E-state index in [0.717, 1.165) is 6.42 Å². The van der Waals surface area contributed by atoms with E-state index in [0.29, 0.717) is 12.3 Å². The normalized spacial score (nSPS) is 21.1. The quantitative estimate of drug-likeness (QED) is 0.557. The predicted molar refractivity (Wildman–Crippen MR) is 79.7 cm³/mol. The molecule has 112 valence electrons. The van der Waals surface area contributed by atoms with E-state index in [4.69, 9.17) is 4.43 Å². The van der Waals surface area contributed by atoms with Crippen molar-refractivity contribution in [3.8, 4) is 0 Å². The van der Waals surface area contributed by atoms with Crippen molar-refractivity contribution in [3.63, 3.8) is 0 Å². The van der Waals surface area contributed by atoms with Crippen molar-refractivity contribution in [2.45, 2.75) is 70.3 Å². The molecular formula is C14H29NO3Si. The number of hydrogen-bond donors (Lipinski definition) is 2. The Kier molecular flexibility index (Phi) is 6.01. The second-order valence-corrected chi connectivity index (χ2v) is 11.1. The largest absolute Gasteiger partial charge is 0.478 e. The number of carboxylic acids is 1. The molecule has 1 aliphatic carbocycles. The lowest BCUT2D eigenvalue weighted by Gasteiger charge is -2.36.